The number of hydrogen-bond acceptors (Lipinski definition) is 4. The first-order valence-corrected chi connectivity index (χ1v) is 7.38. The van der Waals surface area contributed by atoms with Crippen LogP contribution in [0.25, 0.3) is 0 Å². The summed E-state index contributed by atoms with van der Waals surface area (Å²) in [5.41, 5.74) is 1.67. The van der Waals surface area contributed by atoms with E-state index in [1.54, 1.807) is 24.3 Å². The van der Waals surface area contributed by atoms with Crippen LogP contribution < -0.4 is 0 Å². The molecule has 0 spiro atoms. The van der Waals surface area contributed by atoms with Gasteiger partial charge in [-0.3, -0.25) is 15.1 Å². The van der Waals surface area contributed by atoms with Gasteiger partial charge in [0.15, 0.2) is 5.75 Å². The molecule has 0 aromatic heterocycles. The van der Waals surface area contributed by atoms with Crippen LogP contribution in [0.2, 0.25) is 5.02 Å². The fourth-order valence-corrected chi connectivity index (χ4v) is 2.19. The average Bonchev–Trinajstić information content (AvgIpc) is 2.47. The maximum Gasteiger partial charge on any atom is 0.270 e. The van der Waals surface area contributed by atoms with Crippen LogP contribution in [0.15, 0.2) is 41.4 Å². The molecular formula is C17H17ClN2O3. The third kappa shape index (κ3) is 4.07. The van der Waals surface area contributed by atoms with Gasteiger partial charge in [-0.2, -0.15) is 0 Å². The first kappa shape index (κ1) is 17.0. The van der Waals surface area contributed by atoms with Gasteiger partial charge < -0.3 is 5.11 Å². The molecule has 2 aromatic carbocycles. The molecule has 0 bridgehead atoms. The molecule has 0 fully saturated rings. The second kappa shape index (κ2) is 6.38. The van der Waals surface area contributed by atoms with E-state index in [2.05, 4.69) is 4.99 Å². The fourth-order valence-electron chi connectivity index (χ4n) is 1.98. The Labute approximate surface area is 139 Å². The van der Waals surface area contributed by atoms with Gasteiger partial charge in [0.05, 0.1) is 9.95 Å². The van der Waals surface area contributed by atoms with Crippen LogP contribution >= 0.6 is 11.6 Å². The Bertz CT molecular complexity index is 780. The van der Waals surface area contributed by atoms with Crippen molar-refractivity contribution in [3.05, 3.63) is 62.7 Å². The first-order valence-electron chi connectivity index (χ1n) is 7.00. The molecule has 0 radical (unpaired) electrons. The molecule has 0 aliphatic heterocycles. The summed E-state index contributed by atoms with van der Waals surface area (Å²) in [4.78, 5) is 14.5. The van der Waals surface area contributed by atoms with Gasteiger partial charge in [-0.15, -0.1) is 0 Å². The Hall–Kier alpha value is -2.40. The predicted molar refractivity (Wildman–Crippen MR) is 92.2 cm³/mol. The highest BCUT2D eigenvalue weighted by Gasteiger charge is 2.17. The van der Waals surface area contributed by atoms with Crippen molar-refractivity contribution in [3.63, 3.8) is 0 Å². The lowest BCUT2D eigenvalue weighted by Crippen LogP contribution is -2.10. The Kier molecular flexibility index (Phi) is 4.71. The van der Waals surface area contributed by atoms with Gasteiger partial charge >= 0.3 is 0 Å². The lowest BCUT2D eigenvalue weighted by molar-refractivity contribution is -0.384. The van der Waals surface area contributed by atoms with Crippen molar-refractivity contribution in [1.82, 2.24) is 0 Å². The van der Waals surface area contributed by atoms with Crippen LogP contribution in [0.3, 0.4) is 0 Å². The maximum atomic E-state index is 10.8. The standard InChI is InChI=1S/C17H17ClN2O3/c1-17(2,3)12-8-14(18)16(21)15(9-12)19-10-11-5-4-6-13(7-11)20(22)23/h4-10,21H,1-3H3. The summed E-state index contributed by atoms with van der Waals surface area (Å²) in [7, 11) is 0. The number of aromatic hydroxyl groups is 1. The summed E-state index contributed by atoms with van der Waals surface area (Å²) in [5.74, 6) is -0.110. The zero-order valence-corrected chi connectivity index (χ0v) is 13.8. The number of benzene rings is 2. The number of rotatable bonds is 3. The summed E-state index contributed by atoms with van der Waals surface area (Å²) in [5, 5.41) is 21.1. The SMILES string of the molecule is CC(C)(C)c1cc(Cl)c(O)c(N=Cc2cccc([N+](=O)[O-])c2)c1. The summed E-state index contributed by atoms with van der Waals surface area (Å²) in [6.45, 7) is 6.09. The summed E-state index contributed by atoms with van der Waals surface area (Å²) in [6.07, 6.45) is 1.46. The average molecular weight is 333 g/mol. The summed E-state index contributed by atoms with van der Waals surface area (Å²) in [6, 6.07) is 9.57. The quantitative estimate of drug-likeness (QED) is 0.488. The molecule has 23 heavy (non-hydrogen) atoms. The highest BCUT2D eigenvalue weighted by molar-refractivity contribution is 6.32. The van der Waals surface area contributed by atoms with Crippen LogP contribution in [-0.4, -0.2) is 16.2 Å². The summed E-state index contributed by atoms with van der Waals surface area (Å²) >= 11 is 6.06. The van der Waals surface area contributed by atoms with Gasteiger partial charge in [0.1, 0.15) is 5.69 Å². The number of phenols is 1. The zero-order valence-electron chi connectivity index (χ0n) is 13.1. The fraction of sp³-hybridized carbons (Fsp3) is 0.235. The molecule has 2 rings (SSSR count). The van der Waals surface area contributed by atoms with Gasteiger partial charge in [-0.1, -0.05) is 44.5 Å². The minimum absolute atomic E-state index is 0.0142. The van der Waals surface area contributed by atoms with Crippen LogP contribution in [-0.2, 0) is 5.41 Å². The number of nitrogens with zero attached hydrogens (tertiary/aromatic N) is 2. The van der Waals surface area contributed by atoms with Crippen molar-refractivity contribution in [3.8, 4) is 5.75 Å². The molecule has 0 heterocycles. The number of hydrogen-bond donors (Lipinski definition) is 1. The lowest BCUT2D eigenvalue weighted by atomic mass is 9.87. The van der Waals surface area contributed by atoms with Crippen LogP contribution in [0.4, 0.5) is 11.4 Å². The van der Waals surface area contributed by atoms with E-state index in [0.29, 0.717) is 11.3 Å². The van der Waals surface area contributed by atoms with Crippen molar-refractivity contribution in [2.75, 3.05) is 0 Å². The minimum Gasteiger partial charge on any atom is -0.504 e. The largest absolute Gasteiger partial charge is 0.504 e. The van der Waals surface area contributed by atoms with Crippen LogP contribution in [0.5, 0.6) is 5.75 Å². The van der Waals surface area contributed by atoms with Crippen molar-refractivity contribution in [1.29, 1.82) is 0 Å². The summed E-state index contributed by atoms with van der Waals surface area (Å²) < 4.78 is 0. The molecule has 0 amide bonds. The molecule has 6 heteroatoms. The number of aliphatic imine (C=N–C) groups is 1. The monoisotopic (exact) mass is 332 g/mol. The van der Waals surface area contributed by atoms with E-state index in [9.17, 15) is 15.2 Å². The van der Waals surface area contributed by atoms with Crippen molar-refractivity contribution < 1.29 is 10.0 Å². The molecule has 2 aromatic rings. The van der Waals surface area contributed by atoms with Gasteiger partial charge in [0, 0.05) is 18.3 Å². The third-order valence-corrected chi connectivity index (χ3v) is 3.63. The van der Waals surface area contributed by atoms with E-state index < -0.39 is 4.92 Å². The smallest absolute Gasteiger partial charge is 0.270 e. The normalized spacial score (nSPS) is 11.8. The highest BCUT2D eigenvalue weighted by Crippen LogP contribution is 2.38. The Morgan fingerprint density at radius 1 is 1.26 bits per heavy atom. The van der Waals surface area contributed by atoms with Gasteiger partial charge in [0.25, 0.3) is 5.69 Å². The van der Waals surface area contributed by atoms with Crippen molar-refractivity contribution >= 4 is 29.2 Å². The molecule has 0 aliphatic rings. The maximum absolute atomic E-state index is 10.8. The van der Waals surface area contributed by atoms with E-state index in [1.807, 2.05) is 20.8 Å². The Morgan fingerprint density at radius 2 is 1.96 bits per heavy atom. The lowest BCUT2D eigenvalue weighted by Gasteiger charge is -2.20. The number of phenolic OH excluding ortho intramolecular Hbond substituents is 1. The van der Waals surface area contributed by atoms with E-state index in [1.165, 1.54) is 18.3 Å². The minimum atomic E-state index is -0.466. The van der Waals surface area contributed by atoms with Gasteiger partial charge in [-0.05, 0) is 28.7 Å². The Morgan fingerprint density at radius 3 is 2.57 bits per heavy atom. The second-order valence-electron chi connectivity index (χ2n) is 6.19. The van der Waals surface area contributed by atoms with Crippen LogP contribution in [0, 0.1) is 10.1 Å². The number of halogens is 1. The van der Waals surface area contributed by atoms with E-state index >= 15 is 0 Å². The third-order valence-electron chi connectivity index (χ3n) is 3.34. The number of nitro groups is 1. The predicted octanol–water partition coefficient (Wildman–Crippen LogP) is 5.00. The Balaban J connectivity index is 2.41. The van der Waals surface area contributed by atoms with Crippen LogP contribution in [0.1, 0.15) is 31.9 Å². The number of non-ortho nitro benzene ring substituents is 1. The van der Waals surface area contributed by atoms with Gasteiger partial charge in [-0.25, -0.2) is 0 Å². The molecule has 0 unspecified atom stereocenters. The molecule has 5 nitrogen and oxygen atoms in total. The molecule has 120 valence electrons. The van der Waals surface area contributed by atoms with Gasteiger partial charge in [0.2, 0.25) is 0 Å². The van der Waals surface area contributed by atoms with E-state index in [-0.39, 0.29) is 21.9 Å². The molecule has 0 atom stereocenters. The zero-order chi connectivity index (χ0) is 17.2. The molecule has 0 saturated heterocycles. The number of nitro benzene ring substituents is 1. The van der Waals surface area contributed by atoms with E-state index in [4.69, 9.17) is 11.6 Å². The molecular weight excluding hydrogens is 316 g/mol. The topological polar surface area (TPSA) is 75.7 Å². The van der Waals surface area contributed by atoms with E-state index in [0.717, 1.165) is 5.56 Å². The highest BCUT2D eigenvalue weighted by atomic mass is 35.5. The molecule has 0 aliphatic carbocycles. The first-order chi connectivity index (χ1) is 10.7. The molecule has 0 saturated carbocycles. The van der Waals surface area contributed by atoms with Crippen molar-refractivity contribution in [2.24, 2.45) is 4.99 Å². The molecule has 1 N–H and O–H groups in total. The van der Waals surface area contributed by atoms with Crippen molar-refractivity contribution in [2.45, 2.75) is 26.2 Å². The second-order valence-corrected chi connectivity index (χ2v) is 6.59.